The molecule has 0 aliphatic carbocycles. The number of amides is 1. The Labute approximate surface area is 130 Å². The SMILES string of the molecule is O=C(Cc1cccc2ccccc12)Nc1cnc(Br)cn1. The molecule has 0 bridgehead atoms. The Balaban J connectivity index is 1.79. The van der Waals surface area contributed by atoms with Crippen LogP contribution in [0.4, 0.5) is 5.82 Å². The van der Waals surface area contributed by atoms with Crippen LogP contribution in [0.3, 0.4) is 0 Å². The van der Waals surface area contributed by atoms with E-state index in [1.54, 1.807) is 6.20 Å². The zero-order valence-electron chi connectivity index (χ0n) is 11.1. The van der Waals surface area contributed by atoms with E-state index in [-0.39, 0.29) is 5.91 Å². The van der Waals surface area contributed by atoms with E-state index in [2.05, 4.69) is 31.2 Å². The molecule has 0 unspecified atom stereocenters. The minimum atomic E-state index is -0.108. The topological polar surface area (TPSA) is 54.9 Å². The summed E-state index contributed by atoms with van der Waals surface area (Å²) in [6.45, 7) is 0. The van der Waals surface area contributed by atoms with Crippen molar-refractivity contribution in [3.63, 3.8) is 0 Å². The van der Waals surface area contributed by atoms with E-state index in [9.17, 15) is 4.79 Å². The van der Waals surface area contributed by atoms with Crippen molar-refractivity contribution in [1.29, 1.82) is 0 Å². The molecule has 0 saturated carbocycles. The van der Waals surface area contributed by atoms with Crippen molar-refractivity contribution >= 4 is 38.4 Å². The summed E-state index contributed by atoms with van der Waals surface area (Å²) in [5.41, 5.74) is 0.996. The number of aromatic nitrogens is 2. The second-order valence-electron chi connectivity index (χ2n) is 4.59. The summed E-state index contributed by atoms with van der Waals surface area (Å²) in [7, 11) is 0. The third kappa shape index (κ3) is 3.25. The number of rotatable bonds is 3. The first-order valence-electron chi connectivity index (χ1n) is 6.46. The largest absolute Gasteiger partial charge is 0.309 e. The number of halogens is 1. The molecule has 0 aliphatic heterocycles. The fourth-order valence-electron chi connectivity index (χ4n) is 2.18. The highest BCUT2D eigenvalue weighted by molar-refractivity contribution is 9.10. The van der Waals surface area contributed by atoms with Crippen LogP contribution in [-0.2, 0) is 11.2 Å². The lowest BCUT2D eigenvalue weighted by Crippen LogP contribution is -2.15. The van der Waals surface area contributed by atoms with Gasteiger partial charge in [-0.25, -0.2) is 9.97 Å². The molecule has 2 aromatic carbocycles. The van der Waals surface area contributed by atoms with Crippen LogP contribution in [0.2, 0.25) is 0 Å². The van der Waals surface area contributed by atoms with Crippen molar-refractivity contribution < 1.29 is 4.79 Å². The summed E-state index contributed by atoms with van der Waals surface area (Å²) in [4.78, 5) is 20.2. The maximum Gasteiger partial charge on any atom is 0.230 e. The first-order chi connectivity index (χ1) is 10.2. The normalized spacial score (nSPS) is 10.5. The Hall–Kier alpha value is -2.27. The first kappa shape index (κ1) is 13.7. The van der Waals surface area contributed by atoms with Crippen molar-refractivity contribution in [1.82, 2.24) is 9.97 Å². The summed E-state index contributed by atoms with van der Waals surface area (Å²) >= 11 is 3.21. The Morgan fingerprint density at radius 3 is 2.67 bits per heavy atom. The van der Waals surface area contributed by atoms with Crippen LogP contribution < -0.4 is 5.32 Å². The van der Waals surface area contributed by atoms with Gasteiger partial charge in [0.15, 0.2) is 5.82 Å². The van der Waals surface area contributed by atoms with E-state index >= 15 is 0 Å². The highest BCUT2D eigenvalue weighted by Gasteiger charge is 2.08. The summed E-state index contributed by atoms with van der Waals surface area (Å²) < 4.78 is 0.634. The summed E-state index contributed by atoms with van der Waals surface area (Å²) in [6.07, 6.45) is 3.37. The van der Waals surface area contributed by atoms with Gasteiger partial charge >= 0.3 is 0 Å². The fourth-order valence-corrected chi connectivity index (χ4v) is 2.39. The Morgan fingerprint density at radius 1 is 1.05 bits per heavy atom. The average molecular weight is 342 g/mol. The summed E-state index contributed by atoms with van der Waals surface area (Å²) in [6, 6.07) is 14.0. The molecule has 4 nitrogen and oxygen atoms in total. The van der Waals surface area contributed by atoms with Crippen LogP contribution in [0, 0.1) is 0 Å². The molecule has 1 N–H and O–H groups in total. The van der Waals surface area contributed by atoms with Gasteiger partial charge in [-0.05, 0) is 32.3 Å². The van der Waals surface area contributed by atoms with Crippen molar-refractivity contribution in [3.05, 3.63) is 65.0 Å². The van der Waals surface area contributed by atoms with Crippen LogP contribution in [0.25, 0.3) is 10.8 Å². The van der Waals surface area contributed by atoms with Crippen molar-refractivity contribution in [2.45, 2.75) is 6.42 Å². The molecule has 1 amide bonds. The first-order valence-corrected chi connectivity index (χ1v) is 7.26. The number of carbonyl (C=O) groups is 1. The molecule has 104 valence electrons. The smallest absolute Gasteiger partial charge is 0.230 e. The number of hydrogen-bond donors (Lipinski definition) is 1. The van der Waals surface area contributed by atoms with Crippen LogP contribution >= 0.6 is 15.9 Å². The third-order valence-corrected chi connectivity index (χ3v) is 3.53. The van der Waals surface area contributed by atoms with Crippen LogP contribution in [0.5, 0.6) is 0 Å². The van der Waals surface area contributed by atoms with Crippen molar-refractivity contribution in [3.8, 4) is 0 Å². The molecule has 0 spiro atoms. The van der Waals surface area contributed by atoms with Gasteiger partial charge in [-0.1, -0.05) is 42.5 Å². The minimum absolute atomic E-state index is 0.108. The van der Waals surface area contributed by atoms with Gasteiger partial charge in [-0.3, -0.25) is 4.79 Å². The van der Waals surface area contributed by atoms with Gasteiger partial charge in [-0.2, -0.15) is 0 Å². The Kier molecular flexibility index (Phi) is 3.92. The number of fused-ring (bicyclic) bond motifs is 1. The van der Waals surface area contributed by atoms with E-state index in [0.29, 0.717) is 16.8 Å². The molecule has 0 radical (unpaired) electrons. The standard InChI is InChI=1S/C16H12BrN3O/c17-14-9-19-15(10-18-14)20-16(21)8-12-6-3-5-11-4-1-2-7-13(11)12/h1-7,9-10H,8H2,(H,19,20,21). The van der Waals surface area contributed by atoms with Crippen LogP contribution in [-0.4, -0.2) is 15.9 Å². The van der Waals surface area contributed by atoms with Gasteiger partial charge in [0, 0.05) is 0 Å². The highest BCUT2D eigenvalue weighted by atomic mass is 79.9. The molecule has 3 aromatic rings. The van der Waals surface area contributed by atoms with Gasteiger partial charge < -0.3 is 5.32 Å². The molecular weight excluding hydrogens is 330 g/mol. The lowest BCUT2D eigenvalue weighted by Gasteiger charge is -2.07. The molecule has 0 aliphatic rings. The number of anilines is 1. The van der Waals surface area contributed by atoms with E-state index in [0.717, 1.165) is 16.3 Å². The van der Waals surface area contributed by atoms with E-state index < -0.39 is 0 Å². The minimum Gasteiger partial charge on any atom is -0.309 e. The maximum atomic E-state index is 12.1. The predicted octanol–water partition coefficient (Wildman–Crippen LogP) is 3.57. The summed E-state index contributed by atoms with van der Waals surface area (Å²) in [5.74, 6) is 0.339. The van der Waals surface area contributed by atoms with Gasteiger partial charge in [0.05, 0.1) is 18.8 Å². The van der Waals surface area contributed by atoms with Crippen molar-refractivity contribution in [2.24, 2.45) is 0 Å². The van der Waals surface area contributed by atoms with Crippen LogP contribution in [0.1, 0.15) is 5.56 Å². The number of carbonyl (C=O) groups excluding carboxylic acids is 1. The molecule has 1 heterocycles. The monoisotopic (exact) mass is 341 g/mol. The lowest BCUT2D eigenvalue weighted by molar-refractivity contribution is -0.115. The quantitative estimate of drug-likeness (QED) is 0.792. The van der Waals surface area contributed by atoms with Gasteiger partial charge in [0.25, 0.3) is 0 Å². The Morgan fingerprint density at radius 2 is 1.86 bits per heavy atom. The van der Waals surface area contributed by atoms with E-state index in [4.69, 9.17) is 0 Å². The number of hydrogen-bond acceptors (Lipinski definition) is 3. The second-order valence-corrected chi connectivity index (χ2v) is 5.40. The third-order valence-electron chi connectivity index (χ3n) is 3.12. The molecule has 0 saturated heterocycles. The number of nitrogens with one attached hydrogen (secondary N) is 1. The Bertz CT molecular complexity index is 782. The van der Waals surface area contributed by atoms with Gasteiger partial charge in [0.2, 0.25) is 5.91 Å². The molecule has 3 rings (SSSR count). The maximum absolute atomic E-state index is 12.1. The number of nitrogens with zero attached hydrogens (tertiary/aromatic N) is 2. The molecule has 0 fully saturated rings. The molecule has 21 heavy (non-hydrogen) atoms. The van der Waals surface area contributed by atoms with Crippen LogP contribution in [0.15, 0.2) is 59.5 Å². The van der Waals surface area contributed by atoms with Gasteiger partial charge in [0.1, 0.15) is 4.60 Å². The fraction of sp³-hybridized carbons (Fsp3) is 0.0625. The van der Waals surface area contributed by atoms with E-state index in [1.165, 1.54) is 6.20 Å². The average Bonchev–Trinajstić information content (AvgIpc) is 2.50. The molecular formula is C16H12BrN3O. The summed E-state index contributed by atoms with van der Waals surface area (Å²) in [5, 5.41) is 4.97. The second kappa shape index (κ2) is 6.01. The van der Waals surface area contributed by atoms with Crippen molar-refractivity contribution in [2.75, 3.05) is 5.32 Å². The number of benzene rings is 2. The predicted molar refractivity (Wildman–Crippen MR) is 86.0 cm³/mol. The lowest BCUT2D eigenvalue weighted by atomic mass is 10.0. The molecule has 5 heteroatoms. The zero-order chi connectivity index (χ0) is 14.7. The van der Waals surface area contributed by atoms with E-state index in [1.807, 2.05) is 42.5 Å². The zero-order valence-corrected chi connectivity index (χ0v) is 12.7. The highest BCUT2D eigenvalue weighted by Crippen LogP contribution is 2.19. The van der Waals surface area contributed by atoms with Gasteiger partial charge in [-0.15, -0.1) is 0 Å². The molecule has 1 aromatic heterocycles. The molecule has 0 atom stereocenters.